The third kappa shape index (κ3) is 3.91. The van der Waals surface area contributed by atoms with Gasteiger partial charge in [-0.1, -0.05) is 30.3 Å². The van der Waals surface area contributed by atoms with Gasteiger partial charge in [-0.3, -0.25) is 14.4 Å². The van der Waals surface area contributed by atoms with Gasteiger partial charge in [0.05, 0.1) is 11.7 Å². The summed E-state index contributed by atoms with van der Waals surface area (Å²) in [5.41, 5.74) is 0.474. The minimum absolute atomic E-state index is 0.238. The lowest BCUT2D eigenvalue weighted by atomic mass is 9.54. The highest BCUT2D eigenvalue weighted by Crippen LogP contribution is 2.57. The predicted octanol–water partition coefficient (Wildman–Crippen LogP) is 2.67. The van der Waals surface area contributed by atoms with E-state index in [0.717, 1.165) is 5.56 Å². The normalized spacial score (nSPS) is 26.0. The highest BCUT2D eigenvalue weighted by Gasteiger charge is 2.64. The molecule has 0 heterocycles. The van der Waals surface area contributed by atoms with Gasteiger partial charge in [0.2, 0.25) is 0 Å². The molecule has 5 rings (SSSR count). The lowest BCUT2D eigenvalue weighted by Crippen LogP contribution is -2.65. The standard InChI is InChI=1S/C25H24O8/c1-14(27)31-22-21(29)19-10-11-25(22,20-12-16(13-26)8-9-18(19)20)24(32-15(2)28)33-23(30)17-6-4-3-5-7-17/h3-9,12-13,19,21-22,24,29H,10-11H2,1-2H3/t19?,21-,22+,24?,25?/m0/s1. The van der Waals surface area contributed by atoms with Crippen LogP contribution in [0.3, 0.4) is 0 Å². The summed E-state index contributed by atoms with van der Waals surface area (Å²) < 4.78 is 16.8. The number of hydrogen-bond donors (Lipinski definition) is 1. The zero-order chi connectivity index (χ0) is 23.8. The smallest absolute Gasteiger partial charge is 0.341 e. The van der Waals surface area contributed by atoms with Crippen molar-refractivity contribution in [2.75, 3.05) is 0 Å². The minimum Gasteiger partial charge on any atom is -0.459 e. The minimum atomic E-state index is -1.51. The maximum Gasteiger partial charge on any atom is 0.341 e. The van der Waals surface area contributed by atoms with Crippen LogP contribution in [0, 0.1) is 0 Å². The van der Waals surface area contributed by atoms with Crippen LogP contribution in [0.5, 0.6) is 0 Å². The molecule has 8 heteroatoms. The van der Waals surface area contributed by atoms with Gasteiger partial charge in [0.1, 0.15) is 17.8 Å². The molecule has 5 atom stereocenters. The number of aliphatic hydroxyl groups excluding tert-OH is 1. The van der Waals surface area contributed by atoms with Crippen LogP contribution in [0.1, 0.15) is 64.4 Å². The van der Waals surface area contributed by atoms with Gasteiger partial charge in [-0.25, -0.2) is 4.79 Å². The summed E-state index contributed by atoms with van der Waals surface area (Å²) in [4.78, 5) is 48.6. The molecule has 1 saturated carbocycles. The van der Waals surface area contributed by atoms with E-state index >= 15 is 0 Å². The number of ether oxygens (including phenoxy) is 3. The van der Waals surface area contributed by atoms with Crippen LogP contribution in [-0.4, -0.2) is 47.8 Å². The Bertz CT molecular complexity index is 1090. The van der Waals surface area contributed by atoms with Gasteiger partial charge in [-0.2, -0.15) is 0 Å². The van der Waals surface area contributed by atoms with Crippen molar-refractivity contribution in [1.82, 2.24) is 0 Å². The average molecular weight is 452 g/mol. The molecule has 3 aliphatic rings. The number of fused-ring (bicyclic) bond motifs is 2. The first-order chi connectivity index (χ1) is 15.8. The maximum absolute atomic E-state index is 13.0. The molecule has 2 bridgehead atoms. The summed E-state index contributed by atoms with van der Waals surface area (Å²) in [6.07, 6.45) is -2.34. The van der Waals surface area contributed by atoms with Crippen LogP contribution in [-0.2, 0) is 29.2 Å². The van der Waals surface area contributed by atoms with Crippen molar-refractivity contribution >= 4 is 24.2 Å². The Morgan fingerprint density at radius 3 is 2.42 bits per heavy atom. The zero-order valence-electron chi connectivity index (χ0n) is 18.2. The fourth-order valence-corrected chi connectivity index (χ4v) is 5.08. The quantitative estimate of drug-likeness (QED) is 0.404. The van der Waals surface area contributed by atoms with Crippen molar-refractivity contribution in [3.05, 3.63) is 70.8 Å². The molecule has 33 heavy (non-hydrogen) atoms. The molecule has 2 aromatic carbocycles. The summed E-state index contributed by atoms with van der Waals surface area (Å²) >= 11 is 0. The lowest BCUT2D eigenvalue weighted by Gasteiger charge is -2.55. The van der Waals surface area contributed by atoms with Gasteiger partial charge in [-0.15, -0.1) is 0 Å². The molecule has 2 aromatic rings. The lowest BCUT2D eigenvalue weighted by molar-refractivity contribution is -0.220. The first-order valence-corrected chi connectivity index (χ1v) is 10.7. The highest BCUT2D eigenvalue weighted by atomic mass is 16.7. The molecule has 1 N–H and O–H groups in total. The topological polar surface area (TPSA) is 116 Å². The molecule has 0 spiro atoms. The molecule has 0 amide bonds. The molecule has 3 unspecified atom stereocenters. The Labute approximate surface area is 190 Å². The SMILES string of the molecule is CC(=O)OC(OC(=O)c1ccccc1)C12CCC(c3ccc(C=O)cc31)[C@H](O)[C@H]2OC(C)=O. The third-order valence-electron chi connectivity index (χ3n) is 6.42. The Morgan fingerprint density at radius 1 is 1.06 bits per heavy atom. The van der Waals surface area contributed by atoms with Crippen LogP contribution in [0.25, 0.3) is 0 Å². The van der Waals surface area contributed by atoms with Crippen LogP contribution in [0.4, 0.5) is 0 Å². The number of aliphatic hydroxyl groups is 1. The molecule has 1 fully saturated rings. The van der Waals surface area contributed by atoms with Gasteiger partial charge < -0.3 is 19.3 Å². The fraction of sp³-hybridized carbons (Fsp3) is 0.360. The first-order valence-electron chi connectivity index (χ1n) is 10.7. The maximum atomic E-state index is 13.0. The van der Waals surface area contributed by atoms with Crippen molar-refractivity contribution in [2.24, 2.45) is 0 Å². The van der Waals surface area contributed by atoms with Gasteiger partial charge in [-0.05, 0) is 42.2 Å². The van der Waals surface area contributed by atoms with Gasteiger partial charge in [0, 0.05) is 25.3 Å². The van der Waals surface area contributed by atoms with E-state index in [1.807, 2.05) is 0 Å². The second kappa shape index (κ2) is 8.78. The highest BCUT2D eigenvalue weighted by molar-refractivity contribution is 5.89. The van der Waals surface area contributed by atoms with Gasteiger partial charge in [0.15, 0.2) is 0 Å². The molecule has 0 saturated heterocycles. The molecular weight excluding hydrogens is 428 g/mol. The van der Waals surface area contributed by atoms with Crippen molar-refractivity contribution < 1.29 is 38.5 Å². The van der Waals surface area contributed by atoms with Gasteiger partial charge in [0.25, 0.3) is 6.29 Å². The Morgan fingerprint density at radius 2 is 1.79 bits per heavy atom. The summed E-state index contributed by atoms with van der Waals surface area (Å²) in [5.74, 6) is -2.45. The molecule has 172 valence electrons. The summed E-state index contributed by atoms with van der Waals surface area (Å²) in [6.45, 7) is 2.39. The number of benzene rings is 2. The van der Waals surface area contributed by atoms with Crippen LogP contribution < -0.4 is 0 Å². The van der Waals surface area contributed by atoms with Crippen molar-refractivity contribution in [3.63, 3.8) is 0 Å². The predicted molar refractivity (Wildman–Crippen MR) is 114 cm³/mol. The molecule has 0 aromatic heterocycles. The molecule has 8 nitrogen and oxygen atoms in total. The number of hydrogen-bond acceptors (Lipinski definition) is 8. The van der Waals surface area contributed by atoms with E-state index < -0.39 is 41.8 Å². The zero-order valence-corrected chi connectivity index (χ0v) is 18.2. The van der Waals surface area contributed by atoms with E-state index in [0.29, 0.717) is 30.3 Å². The van der Waals surface area contributed by atoms with Crippen LogP contribution in [0.2, 0.25) is 0 Å². The Kier molecular flexibility index (Phi) is 6.03. The van der Waals surface area contributed by atoms with Gasteiger partial charge >= 0.3 is 17.9 Å². The van der Waals surface area contributed by atoms with Crippen molar-refractivity contribution in [3.8, 4) is 0 Å². The van der Waals surface area contributed by atoms with E-state index in [9.17, 15) is 24.3 Å². The molecule has 0 radical (unpaired) electrons. The van der Waals surface area contributed by atoms with Crippen LogP contribution >= 0.6 is 0 Å². The van der Waals surface area contributed by atoms with E-state index in [-0.39, 0.29) is 11.5 Å². The van der Waals surface area contributed by atoms with Crippen molar-refractivity contribution in [2.45, 2.75) is 56.5 Å². The first kappa shape index (κ1) is 22.7. The fourth-order valence-electron chi connectivity index (χ4n) is 5.08. The van der Waals surface area contributed by atoms with Crippen LogP contribution in [0.15, 0.2) is 48.5 Å². The average Bonchev–Trinajstić information content (AvgIpc) is 2.80. The summed E-state index contributed by atoms with van der Waals surface area (Å²) in [5, 5.41) is 11.2. The summed E-state index contributed by atoms with van der Waals surface area (Å²) in [6, 6.07) is 13.2. The second-order valence-corrected chi connectivity index (χ2v) is 8.38. The number of carbonyl (C=O) groups excluding carboxylic acids is 4. The number of carbonyl (C=O) groups is 4. The number of aldehydes is 1. The second-order valence-electron chi connectivity index (χ2n) is 8.38. The monoisotopic (exact) mass is 452 g/mol. The molecule has 3 aliphatic carbocycles. The Balaban J connectivity index is 1.89. The number of rotatable bonds is 6. The van der Waals surface area contributed by atoms with E-state index in [1.165, 1.54) is 13.8 Å². The third-order valence-corrected chi connectivity index (χ3v) is 6.42. The molecule has 0 aliphatic heterocycles. The van der Waals surface area contributed by atoms with E-state index in [2.05, 4.69) is 0 Å². The largest absolute Gasteiger partial charge is 0.459 e. The summed E-state index contributed by atoms with van der Waals surface area (Å²) in [7, 11) is 0. The van der Waals surface area contributed by atoms with Crippen molar-refractivity contribution in [1.29, 1.82) is 0 Å². The molecular formula is C25H24O8. The van der Waals surface area contributed by atoms with E-state index in [4.69, 9.17) is 14.2 Å². The van der Waals surface area contributed by atoms with E-state index in [1.54, 1.807) is 48.5 Å². The Hall–Kier alpha value is -3.52. The number of esters is 3.